The molecule has 0 aliphatic carbocycles. The molecule has 206 valence electrons. The second kappa shape index (κ2) is 19.0. The molecule has 0 saturated carbocycles. The van der Waals surface area contributed by atoms with E-state index in [0.29, 0.717) is 19.3 Å². The van der Waals surface area contributed by atoms with Crippen molar-refractivity contribution < 1.29 is 24.2 Å². The average Bonchev–Trinajstić information content (AvgIpc) is 3.52. The molecule has 1 aliphatic rings. The van der Waals surface area contributed by atoms with E-state index >= 15 is 0 Å². The van der Waals surface area contributed by atoms with Gasteiger partial charge in [-0.25, -0.2) is 4.79 Å². The molecule has 0 aromatic rings. The number of carbonyl (C=O) groups excluding carboxylic acids is 2. The highest BCUT2D eigenvalue weighted by molar-refractivity contribution is 5.78. The van der Waals surface area contributed by atoms with Crippen LogP contribution in [0.1, 0.15) is 137 Å². The van der Waals surface area contributed by atoms with Crippen LogP contribution in [0.2, 0.25) is 0 Å². The van der Waals surface area contributed by atoms with E-state index in [1.54, 1.807) is 0 Å². The summed E-state index contributed by atoms with van der Waals surface area (Å²) < 4.78 is 12.0. The van der Waals surface area contributed by atoms with Gasteiger partial charge in [-0.15, -0.1) is 0 Å². The number of unbranched alkanes of at least 4 members (excludes halogenated alkanes) is 11. The minimum absolute atomic E-state index is 0.0424. The Morgan fingerprint density at radius 2 is 1.54 bits per heavy atom. The van der Waals surface area contributed by atoms with Crippen molar-refractivity contribution in [1.29, 1.82) is 0 Å². The average molecular weight is 498 g/mol. The van der Waals surface area contributed by atoms with E-state index < -0.39 is 11.6 Å². The van der Waals surface area contributed by atoms with E-state index in [9.17, 15) is 14.7 Å². The van der Waals surface area contributed by atoms with E-state index in [1.807, 2.05) is 13.8 Å². The second-order valence-corrected chi connectivity index (χ2v) is 11.0. The lowest BCUT2D eigenvalue weighted by atomic mass is 9.92. The van der Waals surface area contributed by atoms with Gasteiger partial charge in [0.05, 0.1) is 12.7 Å². The Kier molecular flexibility index (Phi) is 17.3. The SMILES string of the molecule is CCCCCCCCCCC[C@@H](C[C@@]1(CO)O[C@H]1CCCCCC)OC(=O)[C@H](CC(C)C)NC=O. The molecule has 1 amide bonds. The fourth-order valence-electron chi connectivity index (χ4n) is 5.01. The van der Waals surface area contributed by atoms with Gasteiger partial charge in [0.1, 0.15) is 17.7 Å². The predicted molar refractivity (Wildman–Crippen MR) is 142 cm³/mol. The molecule has 2 N–H and O–H groups in total. The van der Waals surface area contributed by atoms with Gasteiger partial charge < -0.3 is 19.9 Å². The summed E-state index contributed by atoms with van der Waals surface area (Å²) in [6.45, 7) is 8.44. The number of hydrogen-bond acceptors (Lipinski definition) is 5. The third-order valence-corrected chi connectivity index (χ3v) is 7.24. The largest absolute Gasteiger partial charge is 0.461 e. The summed E-state index contributed by atoms with van der Waals surface area (Å²) in [4.78, 5) is 24.0. The van der Waals surface area contributed by atoms with Crippen LogP contribution in [-0.4, -0.2) is 47.9 Å². The number of aliphatic hydroxyl groups is 1. The van der Waals surface area contributed by atoms with Crippen LogP contribution in [0.5, 0.6) is 0 Å². The summed E-state index contributed by atoms with van der Waals surface area (Å²) >= 11 is 0. The first-order chi connectivity index (χ1) is 16.9. The van der Waals surface area contributed by atoms with Gasteiger partial charge >= 0.3 is 5.97 Å². The highest BCUT2D eigenvalue weighted by Gasteiger charge is 2.56. The van der Waals surface area contributed by atoms with E-state index in [1.165, 1.54) is 64.2 Å². The number of epoxide rings is 1. The molecule has 0 aromatic heterocycles. The fraction of sp³-hybridized carbons (Fsp3) is 0.931. The number of amides is 1. The number of hydrogen-bond donors (Lipinski definition) is 2. The summed E-state index contributed by atoms with van der Waals surface area (Å²) in [7, 11) is 0. The molecule has 6 nitrogen and oxygen atoms in total. The Morgan fingerprint density at radius 1 is 0.971 bits per heavy atom. The zero-order chi connectivity index (χ0) is 25.9. The number of nitrogens with one attached hydrogen (secondary N) is 1. The number of esters is 1. The third-order valence-electron chi connectivity index (χ3n) is 7.24. The molecule has 4 atom stereocenters. The van der Waals surface area contributed by atoms with Crippen LogP contribution < -0.4 is 5.32 Å². The topological polar surface area (TPSA) is 88.2 Å². The van der Waals surface area contributed by atoms with Gasteiger partial charge in [-0.1, -0.05) is 105 Å². The summed E-state index contributed by atoms with van der Waals surface area (Å²) in [5.74, 6) is -0.112. The highest BCUT2D eigenvalue weighted by Crippen LogP contribution is 2.44. The molecule has 1 saturated heterocycles. The van der Waals surface area contributed by atoms with Gasteiger partial charge in [0.2, 0.25) is 6.41 Å². The highest BCUT2D eigenvalue weighted by atomic mass is 16.6. The van der Waals surface area contributed by atoms with Crippen LogP contribution in [-0.2, 0) is 19.1 Å². The maximum atomic E-state index is 12.9. The van der Waals surface area contributed by atoms with Gasteiger partial charge in [-0.2, -0.15) is 0 Å². The molecule has 1 aliphatic heterocycles. The lowest BCUT2D eigenvalue weighted by molar-refractivity contribution is -0.154. The van der Waals surface area contributed by atoms with Crippen LogP contribution in [0.15, 0.2) is 0 Å². The zero-order valence-electron chi connectivity index (χ0n) is 23.2. The summed E-state index contributed by atoms with van der Waals surface area (Å²) in [5, 5.41) is 12.8. The standard InChI is InChI=1S/C29H55NO5/c1-5-7-9-11-12-13-14-15-16-18-25(34-28(33)26(30-23-32)20-24(3)4)21-29(22-31)27(35-29)19-17-10-8-6-2/h23-27,31H,5-22H2,1-4H3,(H,30,32)/t25-,26-,27-,29-/m0/s1. The summed E-state index contributed by atoms with van der Waals surface area (Å²) in [5.41, 5.74) is -0.581. The van der Waals surface area contributed by atoms with Crippen molar-refractivity contribution in [3.63, 3.8) is 0 Å². The van der Waals surface area contributed by atoms with Gasteiger partial charge in [0.25, 0.3) is 0 Å². The van der Waals surface area contributed by atoms with Crippen molar-refractivity contribution in [2.24, 2.45) is 5.92 Å². The number of rotatable bonds is 24. The molecule has 0 radical (unpaired) electrons. The molecule has 6 heteroatoms. The van der Waals surface area contributed by atoms with Gasteiger partial charge in [-0.3, -0.25) is 4.79 Å². The molecule has 35 heavy (non-hydrogen) atoms. The predicted octanol–water partition coefficient (Wildman–Crippen LogP) is 6.47. The first-order valence-corrected chi connectivity index (χ1v) is 14.6. The number of ether oxygens (including phenoxy) is 2. The van der Waals surface area contributed by atoms with E-state index in [2.05, 4.69) is 19.2 Å². The monoisotopic (exact) mass is 497 g/mol. The Balaban J connectivity index is 2.60. The van der Waals surface area contributed by atoms with Crippen molar-refractivity contribution in [2.75, 3.05) is 6.61 Å². The minimum Gasteiger partial charge on any atom is -0.461 e. The summed E-state index contributed by atoms with van der Waals surface area (Å²) in [6, 6.07) is -0.631. The minimum atomic E-state index is -0.631. The molecule has 0 unspecified atom stereocenters. The summed E-state index contributed by atoms with van der Waals surface area (Å²) in [6.07, 6.45) is 19.0. The van der Waals surface area contributed by atoms with Crippen LogP contribution in [0.3, 0.4) is 0 Å². The molecule has 0 bridgehead atoms. The third kappa shape index (κ3) is 13.7. The number of aliphatic hydroxyl groups excluding tert-OH is 1. The normalized spacial score (nSPS) is 21.0. The van der Waals surface area contributed by atoms with Crippen molar-refractivity contribution in [1.82, 2.24) is 5.32 Å². The lowest BCUT2D eigenvalue weighted by Gasteiger charge is -2.24. The van der Waals surface area contributed by atoms with Crippen molar-refractivity contribution in [2.45, 2.75) is 161 Å². The molecule has 1 fully saturated rings. The van der Waals surface area contributed by atoms with Crippen molar-refractivity contribution in [3.05, 3.63) is 0 Å². The molecule has 0 aromatic carbocycles. The Labute approximate surface area is 215 Å². The molecular weight excluding hydrogens is 442 g/mol. The van der Waals surface area contributed by atoms with Crippen LogP contribution >= 0.6 is 0 Å². The van der Waals surface area contributed by atoms with Crippen molar-refractivity contribution >= 4 is 12.4 Å². The Morgan fingerprint density at radius 3 is 2.09 bits per heavy atom. The molecule has 1 heterocycles. The molecule has 1 rings (SSSR count). The van der Waals surface area contributed by atoms with Crippen LogP contribution in [0, 0.1) is 5.92 Å². The molecule has 0 spiro atoms. The van der Waals surface area contributed by atoms with E-state index in [0.717, 1.165) is 32.1 Å². The fourth-order valence-corrected chi connectivity index (χ4v) is 5.01. The zero-order valence-corrected chi connectivity index (χ0v) is 23.2. The van der Waals surface area contributed by atoms with E-state index in [4.69, 9.17) is 9.47 Å². The van der Waals surface area contributed by atoms with Crippen LogP contribution in [0.4, 0.5) is 0 Å². The van der Waals surface area contributed by atoms with E-state index in [-0.39, 0.29) is 30.7 Å². The number of carbonyl (C=O) groups is 2. The van der Waals surface area contributed by atoms with Gasteiger partial charge in [0, 0.05) is 6.42 Å². The second-order valence-electron chi connectivity index (χ2n) is 11.0. The molecular formula is C29H55NO5. The van der Waals surface area contributed by atoms with Gasteiger partial charge in [0.15, 0.2) is 0 Å². The Hall–Kier alpha value is -1.14. The quantitative estimate of drug-likeness (QED) is 0.0690. The Bertz CT molecular complexity index is 555. The maximum absolute atomic E-state index is 12.9. The maximum Gasteiger partial charge on any atom is 0.328 e. The first-order valence-electron chi connectivity index (χ1n) is 14.6. The first kappa shape index (κ1) is 31.9. The smallest absolute Gasteiger partial charge is 0.328 e. The van der Waals surface area contributed by atoms with Gasteiger partial charge in [-0.05, 0) is 31.6 Å². The lowest BCUT2D eigenvalue weighted by Crippen LogP contribution is -2.41. The van der Waals surface area contributed by atoms with Crippen molar-refractivity contribution in [3.8, 4) is 0 Å². The van der Waals surface area contributed by atoms with Crippen LogP contribution in [0.25, 0.3) is 0 Å².